The molecule has 5 rings (SSSR count). The Hall–Kier alpha value is -4.65. The van der Waals surface area contributed by atoms with Crippen molar-refractivity contribution in [3.05, 3.63) is 103 Å². The summed E-state index contributed by atoms with van der Waals surface area (Å²) in [5, 5.41) is 4.00. The largest absolute Gasteiger partial charge is 0.496 e. The maximum atomic E-state index is 15.4. The Labute approximate surface area is 233 Å². The number of hydrogen-bond donors (Lipinski definition) is 0. The van der Waals surface area contributed by atoms with Crippen LogP contribution in [0.2, 0.25) is 5.02 Å². The van der Waals surface area contributed by atoms with Gasteiger partial charge in [-0.1, -0.05) is 11.6 Å². The predicted molar refractivity (Wildman–Crippen MR) is 141 cm³/mol. The summed E-state index contributed by atoms with van der Waals surface area (Å²) in [6, 6.07) is 6.88. The average molecular weight is 590 g/mol. The minimum atomic E-state index is -1.68. The van der Waals surface area contributed by atoms with E-state index >= 15 is 4.39 Å². The summed E-state index contributed by atoms with van der Waals surface area (Å²) in [5.74, 6) is -5.45. The lowest BCUT2D eigenvalue weighted by Gasteiger charge is -2.18. The van der Waals surface area contributed by atoms with E-state index in [1.807, 2.05) is 0 Å². The van der Waals surface area contributed by atoms with Gasteiger partial charge in [0.15, 0.2) is 34.8 Å². The third-order valence-corrected chi connectivity index (χ3v) is 6.72. The zero-order chi connectivity index (χ0) is 29.6. The Kier molecular flexibility index (Phi) is 7.30. The fourth-order valence-electron chi connectivity index (χ4n) is 4.53. The highest BCUT2D eigenvalue weighted by Crippen LogP contribution is 2.39. The first-order valence-electron chi connectivity index (χ1n) is 11.9. The average Bonchev–Trinajstić information content (AvgIpc) is 3.36. The van der Waals surface area contributed by atoms with E-state index in [0.717, 1.165) is 21.3 Å². The number of halogens is 5. The molecule has 0 radical (unpaired) electrons. The third-order valence-electron chi connectivity index (χ3n) is 6.41. The van der Waals surface area contributed by atoms with Gasteiger partial charge in [0.05, 0.1) is 37.8 Å². The molecule has 212 valence electrons. The molecule has 0 spiro atoms. The Bertz CT molecular complexity index is 1930. The molecule has 5 aromatic rings. The van der Waals surface area contributed by atoms with Gasteiger partial charge >= 0.3 is 5.69 Å². The van der Waals surface area contributed by atoms with E-state index in [1.54, 1.807) is 7.05 Å². The van der Waals surface area contributed by atoms with Crippen molar-refractivity contribution in [1.29, 1.82) is 0 Å². The zero-order valence-electron chi connectivity index (χ0n) is 21.7. The van der Waals surface area contributed by atoms with Gasteiger partial charge in [0, 0.05) is 12.6 Å². The van der Waals surface area contributed by atoms with Crippen molar-refractivity contribution in [3.8, 4) is 22.6 Å². The van der Waals surface area contributed by atoms with Crippen LogP contribution < -0.4 is 20.7 Å². The first-order chi connectivity index (χ1) is 19.5. The normalized spacial score (nSPS) is 11.3. The van der Waals surface area contributed by atoms with Gasteiger partial charge in [-0.05, 0) is 47.5 Å². The molecule has 14 heteroatoms. The molecule has 3 aromatic carbocycles. The van der Waals surface area contributed by atoms with Crippen LogP contribution in [-0.2, 0) is 20.1 Å². The van der Waals surface area contributed by atoms with Crippen molar-refractivity contribution >= 4 is 22.5 Å². The van der Waals surface area contributed by atoms with Crippen LogP contribution >= 0.6 is 11.6 Å². The molecular weight excluding hydrogens is 570 g/mol. The molecule has 0 aliphatic rings. The summed E-state index contributed by atoms with van der Waals surface area (Å²) >= 11 is 6.33. The summed E-state index contributed by atoms with van der Waals surface area (Å²) in [6.45, 7) is -0.845. The molecule has 0 aliphatic heterocycles. The quantitative estimate of drug-likeness (QED) is 0.208. The Balaban J connectivity index is 1.85. The number of aromatic nitrogens is 5. The molecular formula is C27H20ClF4N5O4. The van der Waals surface area contributed by atoms with Crippen LogP contribution in [0.3, 0.4) is 0 Å². The molecule has 2 aromatic heterocycles. The topological polar surface area (TPSA) is 93.2 Å². The Morgan fingerprint density at radius 1 is 0.878 bits per heavy atom. The number of rotatable bonds is 7. The van der Waals surface area contributed by atoms with Crippen molar-refractivity contribution in [1.82, 2.24) is 23.9 Å². The molecule has 0 amide bonds. The van der Waals surface area contributed by atoms with Gasteiger partial charge in [-0.15, -0.1) is 0 Å². The fraction of sp³-hybridized carbons (Fsp3) is 0.185. The van der Waals surface area contributed by atoms with Crippen LogP contribution in [0.5, 0.6) is 11.5 Å². The highest BCUT2D eigenvalue weighted by atomic mass is 35.5. The van der Waals surface area contributed by atoms with E-state index in [-0.39, 0.29) is 56.5 Å². The van der Waals surface area contributed by atoms with Gasteiger partial charge in [0.1, 0.15) is 17.5 Å². The number of hydrogen-bond acceptors (Lipinski definition) is 6. The number of nitrogens with zero attached hydrogens (tertiary/aromatic N) is 5. The third kappa shape index (κ3) is 4.92. The van der Waals surface area contributed by atoms with E-state index in [9.17, 15) is 22.8 Å². The number of benzene rings is 3. The van der Waals surface area contributed by atoms with Crippen molar-refractivity contribution < 1.29 is 27.0 Å². The van der Waals surface area contributed by atoms with E-state index in [4.69, 9.17) is 21.1 Å². The minimum absolute atomic E-state index is 0.00385. The van der Waals surface area contributed by atoms with Gasteiger partial charge in [-0.2, -0.15) is 5.10 Å². The number of aryl methyl sites for hydroxylation is 1. The monoisotopic (exact) mass is 589 g/mol. The number of ether oxygens (including phenoxy) is 2. The van der Waals surface area contributed by atoms with Crippen LogP contribution in [0.1, 0.15) is 11.4 Å². The molecule has 0 aliphatic carbocycles. The molecule has 2 heterocycles. The minimum Gasteiger partial charge on any atom is -0.496 e. The lowest BCUT2D eigenvalue weighted by Crippen LogP contribution is -2.41. The first-order valence-corrected chi connectivity index (χ1v) is 12.3. The summed E-state index contributed by atoms with van der Waals surface area (Å²) in [5.41, 5.74) is -1.87. The number of methoxy groups -OCH3 is 2. The molecule has 0 unspecified atom stereocenters. The first kappa shape index (κ1) is 27.9. The standard InChI is InChI=1S/C27H20ClF4N5O4/c1-35-12-33-21(34-35)11-37-26(38)23-18(36(27(37)39)10-13-6-16(29)24(31)17(30)7-13)8-14(9-20(23)41-3)22-15(28)4-5-19(40-2)25(22)32/h4-9,12H,10-11H2,1-3H3. The Morgan fingerprint density at radius 2 is 1.56 bits per heavy atom. The summed E-state index contributed by atoms with van der Waals surface area (Å²) in [6.07, 6.45) is 1.38. The van der Waals surface area contributed by atoms with Crippen molar-refractivity contribution in [2.75, 3.05) is 14.2 Å². The molecule has 0 fully saturated rings. The van der Waals surface area contributed by atoms with E-state index < -0.39 is 41.1 Å². The van der Waals surface area contributed by atoms with Crippen LogP contribution in [0.25, 0.3) is 22.0 Å². The predicted octanol–water partition coefficient (Wildman–Crippen LogP) is 4.28. The maximum Gasteiger partial charge on any atom is 0.332 e. The van der Waals surface area contributed by atoms with Crippen LogP contribution in [0.15, 0.2) is 52.3 Å². The smallest absolute Gasteiger partial charge is 0.332 e. The SMILES string of the molecule is COc1ccc(Cl)c(-c2cc(OC)c3c(=O)n(Cc4ncn(C)n4)c(=O)n(Cc4cc(F)c(F)c(F)c4)c3c2)c1F. The lowest BCUT2D eigenvalue weighted by molar-refractivity contribution is 0.387. The molecule has 41 heavy (non-hydrogen) atoms. The van der Waals surface area contributed by atoms with Crippen molar-refractivity contribution in [3.63, 3.8) is 0 Å². The van der Waals surface area contributed by atoms with Crippen molar-refractivity contribution in [2.45, 2.75) is 13.1 Å². The Morgan fingerprint density at radius 3 is 2.17 bits per heavy atom. The maximum absolute atomic E-state index is 15.4. The second-order valence-electron chi connectivity index (χ2n) is 8.98. The van der Waals surface area contributed by atoms with Crippen molar-refractivity contribution in [2.24, 2.45) is 7.05 Å². The van der Waals surface area contributed by atoms with Gasteiger partial charge < -0.3 is 9.47 Å². The zero-order valence-corrected chi connectivity index (χ0v) is 22.5. The second kappa shape index (κ2) is 10.7. The van der Waals surface area contributed by atoms with Gasteiger partial charge in [-0.25, -0.2) is 27.3 Å². The van der Waals surface area contributed by atoms with Gasteiger partial charge in [0.2, 0.25) is 0 Å². The summed E-state index contributed by atoms with van der Waals surface area (Å²) in [7, 11) is 4.14. The molecule has 0 bridgehead atoms. The highest BCUT2D eigenvalue weighted by Gasteiger charge is 2.23. The fourth-order valence-corrected chi connectivity index (χ4v) is 4.79. The van der Waals surface area contributed by atoms with Gasteiger partial charge in [-0.3, -0.25) is 18.6 Å². The molecule has 0 saturated heterocycles. The summed E-state index contributed by atoms with van der Waals surface area (Å²) in [4.78, 5) is 31.5. The highest BCUT2D eigenvalue weighted by molar-refractivity contribution is 6.33. The molecule has 0 atom stereocenters. The lowest BCUT2D eigenvalue weighted by atomic mass is 10.0. The molecule has 9 nitrogen and oxygen atoms in total. The second-order valence-corrected chi connectivity index (χ2v) is 9.39. The number of fused-ring (bicyclic) bond motifs is 1. The summed E-state index contributed by atoms with van der Waals surface area (Å²) < 4.78 is 71.0. The molecule has 0 N–H and O–H groups in total. The van der Waals surface area contributed by atoms with Gasteiger partial charge in [0.25, 0.3) is 5.56 Å². The molecule has 0 saturated carbocycles. The van der Waals surface area contributed by atoms with E-state index in [2.05, 4.69) is 10.1 Å². The van der Waals surface area contributed by atoms with Crippen LogP contribution in [0, 0.1) is 23.3 Å². The van der Waals surface area contributed by atoms with Crippen LogP contribution in [0.4, 0.5) is 17.6 Å². The van der Waals surface area contributed by atoms with E-state index in [0.29, 0.717) is 0 Å². The van der Waals surface area contributed by atoms with E-state index in [1.165, 1.54) is 49.5 Å². The van der Waals surface area contributed by atoms with Crippen LogP contribution in [-0.4, -0.2) is 38.1 Å².